The van der Waals surface area contributed by atoms with Gasteiger partial charge in [-0.3, -0.25) is 9.78 Å². The van der Waals surface area contributed by atoms with Crippen molar-refractivity contribution in [2.45, 2.75) is 26.9 Å². The molecular formula is C16H19NO2. The number of Topliss-reactive ketones (excluding diaryl/α,β-unsaturated/α-hetero) is 1. The van der Waals surface area contributed by atoms with Gasteiger partial charge in [0.1, 0.15) is 6.10 Å². The SMILES string of the molecule is CCOC(C(=O)c1cnc2ccccc2c1)C(C)C. The van der Waals surface area contributed by atoms with Gasteiger partial charge in [-0.1, -0.05) is 32.0 Å². The average molecular weight is 257 g/mol. The lowest BCUT2D eigenvalue weighted by molar-refractivity contribution is 0.0279. The molecule has 0 bridgehead atoms. The van der Waals surface area contributed by atoms with Crippen LogP contribution in [0.4, 0.5) is 0 Å². The van der Waals surface area contributed by atoms with Crippen molar-refractivity contribution < 1.29 is 9.53 Å². The number of ether oxygens (including phenoxy) is 1. The van der Waals surface area contributed by atoms with E-state index in [0.29, 0.717) is 12.2 Å². The van der Waals surface area contributed by atoms with E-state index in [1.54, 1.807) is 6.20 Å². The summed E-state index contributed by atoms with van der Waals surface area (Å²) < 4.78 is 5.55. The van der Waals surface area contributed by atoms with Gasteiger partial charge in [0.05, 0.1) is 5.52 Å². The maximum atomic E-state index is 12.5. The first kappa shape index (κ1) is 13.7. The van der Waals surface area contributed by atoms with Gasteiger partial charge in [-0.2, -0.15) is 0 Å². The fraction of sp³-hybridized carbons (Fsp3) is 0.375. The lowest BCUT2D eigenvalue weighted by Crippen LogP contribution is -2.30. The van der Waals surface area contributed by atoms with Gasteiger partial charge in [0.15, 0.2) is 5.78 Å². The number of aromatic nitrogens is 1. The summed E-state index contributed by atoms with van der Waals surface area (Å²) in [5.74, 6) is 0.161. The molecule has 0 aliphatic heterocycles. The van der Waals surface area contributed by atoms with Crippen molar-refractivity contribution in [3.05, 3.63) is 42.1 Å². The summed E-state index contributed by atoms with van der Waals surface area (Å²) in [5, 5.41) is 0.979. The molecule has 1 heterocycles. The lowest BCUT2D eigenvalue weighted by atomic mass is 9.97. The summed E-state index contributed by atoms with van der Waals surface area (Å²) in [4.78, 5) is 16.8. The standard InChI is InChI=1S/C16H19NO2/c1-4-19-16(11(2)3)15(18)13-9-12-7-5-6-8-14(12)17-10-13/h5-11,16H,4H2,1-3H3. The molecule has 0 radical (unpaired) electrons. The molecule has 3 nitrogen and oxygen atoms in total. The maximum absolute atomic E-state index is 12.5. The largest absolute Gasteiger partial charge is 0.370 e. The minimum absolute atomic E-state index is 0.00935. The molecule has 19 heavy (non-hydrogen) atoms. The number of hydrogen-bond acceptors (Lipinski definition) is 3. The minimum atomic E-state index is -0.395. The molecule has 0 N–H and O–H groups in total. The van der Waals surface area contributed by atoms with Crippen LogP contribution < -0.4 is 0 Å². The molecule has 1 aromatic heterocycles. The molecule has 0 spiro atoms. The molecule has 0 saturated heterocycles. The fourth-order valence-corrected chi connectivity index (χ4v) is 2.12. The molecule has 1 aromatic carbocycles. The number of carbonyl (C=O) groups is 1. The number of benzene rings is 1. The number of rotatable bonds is 5. The number of hydrogen-bond donors (Lipinski definition) is 0. The van der Waals surface area contributed by atoms with Crippen LogP contribution in [-0.4, -0.2) is 23.5 Å². The second-order valence-corrected chi connectivity index (χ2v) is 4.90. The Kier molecular flexibility index (Phi) is 4.27. The molecule has 1 unspecified atom stereocenters. The zero-order valence-electron chi connectivity index (χ0n) is 11.6. The van der Waals surface area contributed by atoms with Crippen LogP contribution in [0, 0.1) is 5.92 Å². The highest BCUT2D eigenvalue weighted by Crippen LogP contribution is 2.17. The van der Waals surface area contributed by atoms with Gasteiger partial charge in [-0.05, 0) is 25.0 Å². The van der Waals surface area contributed by atoms with Crippen molar-refractivity contribution in [3.8, 4) is 0 Å². The highest BCUT2D eigenvalue weighted by molar-refractivity contribution is 6.01. The summed E-state index contributed by atoms with van der Waals surface area (Å²) in [6.07, 6.45) is 1.24. The third-order valence-corrected chi connectivity index (χ3v) is 3.09. The second-order valence-electron chi connectivity index (χ2n) is 4.90. The van der Waals surface area contributed by atoms with Crippen LogP contribution in [-0.2, 0) is 4.74 Å². The van der Waals surface area contributed by atoms with Gasteiger partial charge >= 0.3 is 0 Å². The molecule has 0 saturated carbocycles. The van der Waals surface area contributed by atoms with Crippen molar-refractivity contribution in [1.82, 2.24) is 4.98 Å². The summed E-state index contributed by atoms with van der Waals surface area (Å²) in [6, 6.07) is 9.67. The Morgan fingerprint density at radius 2 is 2.05 bits per heavy atom. The second kappa shape index (κ2) is 5.93. The number of pyridine rings is 1. The van der Waals surface area contributed by atoms with E-state index in [1.165, 1.54) is 0 Å². The van der Waals surface area contributed by atoms with Crippen molar-refractivity contribution in [3.63, 3.8) is 0 Å². The summed E-state index contributed by atoms with van der Waals surface area (Å²) >= 11 is 0. The van der Waals surface area contributed by atoms with E-state index in [9.17, 15) is 4.79 Å². The number of para-hydroxylation sites is 1. The van der Waals surface area contributed by atoms with Gasteiger partial charge < -0.3 is 4.74 Å². The molecule has 0 aliphatic rings. The first-order valence-electron chi connectivity index (χ1n) is 6.64. The number of carbonyl (C=O) groups excluding carboxylic acids is 1. The lowest BCUT2D eigenvalue weighted by Gasteiger charge is -2.19. The van der Waals surface area contributed by atoms with E-state index >= 15 is 0 Å². The van der Waals surface area contributed by atoms with Crippen LogP contribution in [0.3, 0.4) is 0 Å². The topological polar surface area (TPSA) is 39.2 Å². The quantitative estimate of drug-likeness (QED) is 0.770. The average Bonchev–Trinajstić information content (AvgIpc) is 2.43. The summed E-state index contributed by atoms with van der Waals surface area (Å²) in [7, 11) is 0. The van der Waals surface area contributed by atoms with E-state index in [4.69, 9.17) is 4.74 Å². The minimum Gasteiger partial charge on any atom is -0.370 e. The van der Waals surface area contributed by atoms with E-state index in [2.05, 4.69) is 4.98 Å². The summed E-state index contributed by atoms with van der Waals surface area (Å²) in [6.45, 7) is 6.43. The number of ketones is 1. The van der Waals surface area contributed by atoms with Crippen LogP contribution in [0.25, 0.3) is 10.9 Å². The molecule has 2 aromatic rings. The van der Waals surface area contributed by atoms with Crippen LogP contribution in [0.1, 0.15) is 31.1 Å². The first-order valence-corrected chi connectivity index (χ1v) is 6.64. The van der Waals surface area contributed by atoms with Gasteiger partial charge in [-0.25, -0.2) is 0 Å². The van der Waals surface area contributed by atoms with E-state index in [0.717, 1.165) is 10.9 Å². The zero-order chi connectivity index (χ0) is 13.8. The van der Waals surface area contributed by atoms with Crippen LogP contribution in [0.2, 0.25) is 0 Å². The predicted octanol–water partition coefficient (Wildman–Crippen LogP) is 3.48. The Hall–Kier alpha value is -1.74. The summed E-state index contributed by atoms with van der Waals surface area (Å²) in [5.41, 5.74) is 1.52. The molecule has 0 fully saturated rings. The molecule has 100 valence electrons. The number of fused-ring (bicyclic) bond motifs is 1. The van der Waals surface area contributed by atoms with E-state index < -0.39 is 6.10 Å². The molecule has 3 heteroatoms. The molecular weight excluding hydrogens is 238 g/mol. The first-order chi connectivity index (χ1) is 9.13. The van der Waals surface area contributed by atoms with Gasteiger partial charge in [0, 0.05) is 23.8 Å². The smallest absolute Gasteiger partial charge is 0.193 e. The predicted molar refractivity (Wildman–Crippen MR) is 76.3 cm³/mol. The Bertz CT molecular complexity index is 578. The monoisotopic (exact) mass is 257 g/mol. The Morgan fingerprint density at radius 1 is 1.32 bits per heavy atom. The van der Waals surface area contributed by atoms with Crippen molar-refractivity contribution in [2.24, 2.45) is 5.92 Å². The van der Waals surface area contributed by atoms with Gasteiger partial charge in [-0.15, -0.1) is 0 Å². The molecule has 2 rings (SSSR count). The highest BCUT2D eigenvalue weighted by Gasteiger charge is 2.24. The van der Waals surface area contributed by atoms with Crippen molar-refractivity contribution in [1.29, 1.82) is 0 Å². The third-order valence-electron chi connectivity index (χ3n) is 3.09. The van der Waals surface area contributed by atoms with Crippen LogP contribution >= 0.6 is 0 Å². The number of nitrogens with zero attached hydrogens (tertiary/aromatic N) is 1. The van der Waals surface area contributed by atoms with Gasteiger partial charge in [0.2, 0.25) is 0 Å². The fourth-order valence-electron chi connectivity index (χ4n) is 2.12. The highest BCUT2D eigenvalue weighted by atomic mass is 16.5. The van der Waals surface area contributed by atoms with E-state index in [1.807, 2.05) is 51.1 Å². The zero-order valence-corrected chi connectivity index (χ0v) is 11.6. The van der Waals surface area contributed by atoms with Crippen LogP contribution in [0.15, 0.2) is 36.5 Å². The van der Waals surface area contributed by atoms with Gasteiger partial charge in [0.25, 0.3) is 0 Å². The Balaban J connectivity index is 2.34. The molecule has 0 amide bonds. The normalized spacial score (nSPS) is 12.8. The van der Waals surface area contributed by atoms with Crippen molar-refractivity contribution in [2.75, 3.05) is 6.61 Å². The Morgan fingerprint density at radius 3 is 2.74 bits per heavy atom. The molecule has 0 aliphatic carbocycles. The maximum Gasteiger partial charge on any atom is 0.193 e. The Labute approximate surface area is 113 Å². The third kappa shape index (κ3) is 2.99. The van der Waals surface area contributed by atoms with Crippen molar-refractivity contribution >= 4 is 16.7 Å². The molecule has 1 atom stereocenters. The van der Waals surface area contributed by atoms with Crippen LogP contribution in [0.5, 0.6) is 0 Å². The van der Waals surface area contributed by atoms with E-state index in [-0.39, 0.29) is 11.7 Å².